The van der Waals surface area contributed by atoms with Gasteiger partial charge in [0.15, 0.2) is 19.8 Å². The Balaban J connectivity index is 0.000000171. The third-order valence-corrected chi connectivity index (χ3v) is 17.2. The molecule has 0 spiro atoms. The predicted octanol–water partition coefficient (Wildman–Crippen LogP) is 12.5. The van der Waals surface area contributed by atoms with Crippen LogP contribution in [0.3, 0.4) is 0 Å². The summed E-state index contributed by atoms with van der Waals surface area (Å²) < 4.78 is 70.5. The number of benzene rings is 8. The molecule has 0 amide bonds. The molecule has 0 atom stereocenters. The molecule has 1 radical (unpaired) electrons. The van der Waals surface area contributed by atoms with Crippen molar-refractivity contribution in [2.75, 3.05) is 0 Å². The van der Waals surface area contributed by atoms with E-state index in [0.717, 1.165) is 48.2 Å². The fourth-order valence-corrected chi connectivity index (χ4v) is 13.0. The van der Waals surface area contributed by atoms with E-state index in [0.29, 0.717) is 5.56 Å². The van der Waals surface area contributed by atoms with Gasteiger partial charge in [0.25, 0.3) is 5.78 Å². The zero-order chi connectivity index (χ0) is 47.6. The van der Waals surface area contributed by atoms with Gasteiger partial charge in [-0.05, 0) is 47.0 Å². The third kappa shape index (κ3) is 11.1. The Morgan fingerprint density at radius 2 is 0.971 bits per heavy atom. The van der Waals surface area contributed by atoms with E-state index in [1.807, 2.05) is 207 Å². The maximum absolute atomic E-state index is 13.8. The second kappa shape index (κ2) is 22.9. The molecule has 0 aliphatic carbocycles. The zero-order valence-corrected chi connectivity index (χ0v) is 40.7. The summed E-state index contributed by atoms with van der Waals surface area (Å²) in [6.45, 7) is 5.71. The first kappa shape index (κ1) is 51.4. The van der Waals surface area contributed by atoms with Crippen molar-refractivity contribution in [3.8, 4) is 16.9 Å². The van der Waals surface area contributed by atoms with Crippen molar-refractivity contribution in [1.29, 1.82) is 0 Å². The fourth-order valence-electron chi connectivity index (χ4n) is 7.59. The molecule has 0 saturated heterocycles. The fraction of sp³-hybridized carbons (Fsp3) is 0.0357. The van der Waals surface area contributed by atoms with Crippen molar-refractivity contribution in [3.63, 3.8) is 0 Å². The van der Waals surface area contributed by atoms with Crippen LogP contribution in [0, 0.1) is 49.4 Å². The number of Topliss-reactive ketones (excluding diaryl/α,β-unsaturated/α-hetero) is 1. The molecule has 8 aromatic carbocycles. The number of fused-ring (bicyclic) bond motifs is 2. The van der Waals surface area contributed by atoms with Crippen LogP contribution in [0.2, 0.25) is 0 Å². The molecule has 1 aromatic heterocycles. The Morgan fingerprint density at radius 1 is 0.574 bits per heavy atom. The van der Waals surface area contributed by atoms with E-state index in [9.17, 15) is 37.0 Å². The Labute approximate surface area is 432 Å². The largest absolute Gasteiger partial charge is 0.506 e. The van der Waals surface area contributed by atoms with Gasteiger partial charge in [-0.1, -0.05) is 213 Å². The van der Waals surface area contributed by atoms with Crippen LogP contribution in [0.1, 0.15) is 17.3 Å². The minimum atomic E-state index is -5.31. The van der Waals surface area contributed by atoms with Crippen molar-refractivity contribution < 1.29 is 86.0 Å². The standard InChI is InChI=1S/C21H11F3O4.C18H15OP.C17H17OP.Eu/c22-21(23,24)19(26)17-18(25)15-10-14(7-8-16(15)28-20(17)27)13-6-5-11-3-1-2-4-12(11)9-13;19-20(16-10-4-1-5-11-16,17-12-6-2-7-13-17)18-14-8-3-9-15-18;1-3-15(4-2)19(18,16-11-7-5-8-12-16)17-13-9-6-10-14-17;/h1-10,25H;1-15H;3-14H,1H2,2H3;/b;;15-4+;. The summed E-state index contributed by atoms with van der Waals surface area (Å²) >= 11 is 0. The summed E-state index contributed by atoms with van der Waals surface area (Å²) in [6.07, 6.45) is -1.73. The van der Waals surface area contributed by atoms with E-state index in [1.165, 1.54) is 12.1 Å². The number of alkyl halides is 3. The van der Waals surface area contributed by atoms with Crippen LogP contribution in [-0.2, 0) is 9.13 Å². The summed E-state index contributed by atoms with van der Waals surface area (Å²) in [5.41, 5.74) is -1.75. The van der Waals surface area contributed by atoms with Gasteiger partial charge < -0.3 is 18.7 Å². The molecule has 12 heteroatoms. The molecule has 0 unspecified atom stereocenters. The summed E-state index contributed by atoms with van der Waals surface area (Å²) in [5.74, 6) is -3.49. The molecule has 0 fully saturated rings. The smallest absolute Gasteiger partial charge is 0.455 e. The molecule has 9 rings (SSSR count). The molecule has 1 heterocycles. The van der Waals surface area contributed by atoms with Gasteiger partial charge >= 0.3 is 11.8 Å². The molecule has 341 valence electrons. The maximum atomic E-state index is 13.8. The van der Waals surface area contributed by atoms with E-state index in [-0.39, 0.29) is 60.3 Å². The molecular formula is C56H43EuF3O6P2. The van der Waals surface area contributed by atoms with Gasteiger partial charge in [0.1, 0.15) is 11.3 Å². The van der Waals surface area contributed by atoms with E-state index in [2.05, 4.69) is 6.58 Å². The average molecular weight is 1080 g/mol. The molecule has 0 bridgehead atoms. The summed E-state index contributed by atoms with van der Waals surface area (Å²) in [4.78, 5) is 23.3. The number of carbonyl (C=O) groups excluding carboxylic acids is 1. The Morgan fingerprint density at radius 3 is 1.40 bits per heavy atom. The number of ketones is 1. The number of allylic oxidation sites excluding steroid dienone is 3. The van der Waals surface area contributed by atoms with Crippen molar-refractivity contribution in [3.05, 3.63) is 252 Å². The summed E-state index contributed by atoms with van der Waals surface area (Å²) in [7, 11) is -5.57. The van der Waals surface area contributed by atoms with Crippen molar-refractivity contribution in [1.82, 2.24) is 0 Å². The van der Waals surface area contributed by atoms with Crippen LogP contribution < -0.4 is 32.1 Å². The Kier molecular flexibility index (Phi) is 17.3. The van der Waals surface area contributed by atoms with Gasteiger partial charge in [0, 0.05) is 81.2 Å². The van der Waals surface area contributed by atoms with Crippen LogP contribution in [-0.4, -0.2) is 17.1 Å². The zero-order valence-electron chi connectivity index (χ0n) is 36.5. The van der Waals surface area contributed by atoms with Gasteiger partial charge in [-0.3, -0.25) is 4.79 Å². The van der Waals surface area contributed by atoms with Crippen molar-refractivity contribution in [2.45, 2.75) is 13.1 Å². The topological polar surface area (TPSA) is 102 Å². The normalized spacial score (nSPS) is 11.6. The number of hydrogen-bond acceptors (Lipinski definition) is 6. The van der Waals surface area contributed by atoms with Gasteiger partial charge in [-0.15, -0.1) is 0 Å². The van der Waals surface area contributed by atoms with E-state index in [1.54, 1.807) is 12.1 Å². The Hall–Kier alpha value is -5.99. The average Bonchev–Trinajstić information content (AvgIpc) is 3.37. The van der Waals surface area contributed by atoms with Crippen LogP contribution in [0.25, 0.3) is 32.9 Å². The van der Waals surface area contributed by atoms with Gasteiger partial charge in [0.05, 0.1) is 5.39 Å². The number of hydrogen-bond donors (Lipinski definition) is 1. The number of aromatic hydroxyl groups is 1. The maximum Gasteiger partial charge on any atom is 0.455 e. The number of carbonyl (C=O) groups is 1. The predicted molar refractivity (Wildman–Crippen MR) is 267 cm³/mol. The summed E-state index contributed by atoms with van der Waals surface area (Å²) in [5, 5.41) is 17.1. The van der Waals surface area contributed by atoms with Gasteiger partial charge in [-0.2, -0.15) is 13.2 Å². The minimum Gasteiger partial charge on any atom is -0.506 e. The van der Waals surface area contributed by atoms with Crippen molar-refractivity contribution >= 4 is 68.3 Å². The van der Waals surface area contributed by atoms with Gasteiger partial charge in [-0.25, -0.2) is 4.79 Å². The van der Waals surface area contributed by atoms with Gasteiger partial charge in [0.2, 0.25) is 0 Å². The first-order valence-electron chi connectivity index (χ1n) is 21.0. The van der Waals surface area contributed by atoms with E-state index in [4.69, 9.17) is 4.42 Å². The Bertz CT molecular complexity index is 3220. The number of halogens is 3. The van der Waals surface area contributed by atoms with Crippen molar-refractivity contribution in [2.24, 2.45) is 0 Å². The molecule has 0 aliphatic rings. The minimum absolute atomic E-state index is 0. The monoisotopic (exact) mass is 1080 g/mol. The quantitative estimate of drug-likeness (QED) is 0.0669. The summed E-state index contributed by atoms with van der Waals surface area (Å²) in [6, 6.07) is 65.9. The van der Waals surface area contributed by atoms with E-state index < -0.39 is 43.2 Å². The second-order valence-corrected chi connectivity index (χ2v) is 20.6. The molecule has 1 N–H and O–H groups in total. The van der Waals surface area contributed by atoms with Crippen LogP contribution in [0.15, 0.2) is 246 Å². The molecule has 6 nitrogen and oxygen atoms in total. The molecule has 68 heavy (non-hydrogen) atoms. The number of rotatable bonds is 9. The van der Waals surface area contributed by atoms with E-state index >= 15 is 0 Å². The van der Waals surface area contributed by atoms with Crippen LogP contribution in [0.4, 0.5) is 13.2 Å². The molecule has 0 aliphatic heterocycles. The SMILES string of the molecule is C=C/C(=C\C)P(=O)(c1ccccc1)c1ccccc1.O=C(c1c(O)c2cc(-c3ccc4ccccc4c3)ccc2oc1=O)C(F)(F)F.O=P(c1ccccc1)(c1ccccc1)c1ccccc1.[Eu]. The third-order valence-electron chi connectivity index (χ3n) is 10.9. The molecule has 0 saturated carbocycles. The first-order valence-corrected chi connectivity index (χ1v) is 24.4. The molecular weight excluding hydrogens is 1040 g/mol. The van der Waals surface area contributed by atoms with Crippen LogP contribution in [0.5, 0.6) is 5.75 Å². The second-order valence-electron chi connectivity index (χ2n) is 15.0. The first-order chi connectivity index (χ1) is 32.3. The molecule has 9 aromatic rings. The van der Waals surface area contributed by atoms with Crippen LogP contribution >= 0.6 is 14.3 Å².